The maximum Gasteiger partial charge on any atom is 0.187 e. The molecule has 6 heteroatoms. The number of rotatable bonds is 4. The summed E-state index contributed by atoms with van der Waals surface area (Å²) < 4.78 is 0. The quantitative estimate of drug-likeness (QED) is 0.573. The van der Waals surface area contributed by atoms with Crippen LogP contribution in [0.5, 0.6) is 0 Å². The normalized spacial score (nSPS) is 10.6. The van der Waals surface area contributed by atoms with Gasteiger partial charge in [-0.2, -0.15) is 0 Å². The fraction of sp³-hybridized carbons (Fsp3) is 0.0588. The Balaban J connectivity index is 1.85. The predicted molar refractivity (Wildman–Crippen MR) is 97.3 cm³/mol. The van der Waals surface area contributed by atoms with E-state index in [0.717, 1.165) is 22.1 Å². The Hall–Kier alpha value is -1.88. The van der Waals surface area contributed by atoms with Crippen LogP contribution in [-0.2, 0) is 0 Å². The number of carbonyl (C=O) groups is 1. The number of ketones is 1. The number of carbonyl (C=O) groups excluding carboxylic acids is 1. The number of hydrogen-bond donors (Lipinski definition) is 1. The van der Waals surface area contributed by atoms with Crippen LogP contribution in [0.2, 0.25) is 10.0 Å². The van der Waals surface area contributed by atoms with Crippen LogP contribution in [0, 0.1) is 0 Å². The summed E-state index contributed by atoms with van der Waals surface area (Å²) in [4.78, 5) is 16.0. The van der Waals surface area contributed by atoms with Gasteiger partial charge in [-0.15, -0.1) is 11.3 Å². The van der Waals surface area contributed by atoms with Crippen LogP contribution >= 0.6 is 34.5 Å². The molecule has 0 aliphatic carbocycles. The van der Waals surface area contributed by atoms with Gasteiger partial charge in [0.05, 0.1) is 10.7 Å². The van der Waals surface area contributed by atoms with E-state index in [-0.39, 0.29) is 5.78 Å². The second-order valence-corrected chi connectivity index (χ2v) is 6.63. The zero-order valence-electron chi connectivity index (χ0n) is 12.1. The molecule has 0 aliphatic heterocycles. The Bertz CT molecular complexity index is 877. The van der Waals surface area contributed by atoms with Crippen LogP contribution in [0.1, 0.15) is 17.3 Å². The van der Waals surface area contributed by atoms with Gasteiger partial charge in [0.15, 0.2) is 10.9 Å². The SMILES string of the molecule is CC(=O)c1cccc(Nc2nc(-c3ccc(Cl)cc3Cl)cs2)c1. The van der Waals surface area contributed by atoms with Crippen molar-refractivity contribution in [2.24, 2.45) is 0 Å². The Morgan fingerprint density at radius 3 is 2.74 bits per heavy atom. The molecule has 3 aromatic rings. The van der Waals surface area contributed by atoms with E-state index in [0.29, 0.717) is 15.6 Å². The number of thiazole rings is 1. The highest BCUT2D eigenvalue weighted by atomic mass is 35.5. The van der Waals surface area contributed by atoms with Crippen molar-refractivity contribution in [1.29, 1.82) is 0 Å². The van der Waals surface area contributed by atoms with Gasteiger partial charge in [0, 0.05) is 27.2 Å². The Morgan fingerprint density at radius 2 is 2.00 bits per heavy atom. The molecule has 3 rings (SSSR count). The summed E-state index contributed by atoms with van der Waals surface area (Å²) in [7, 11) is 0. The van der Waals surface area contributed by atoms with E-state index in [1.165, 1.54) is 11.3 Å². The van der Waals surface area contributed by atoms with Crippen LogP contribution in [0.4, 0.5) is 10.8 Å². The summed E-state index contributed by atoms with van der Waals surface area (Å²) >= 11 is 13.6. The molecule has 2 aromatic carbocycles. The summed E-state index contributed by atoms with van der Waals surface area (Å²) in [5, 5.41) is 7.01. The lowest BCUT2D eigenvalue weighted by Gasteiger charge is -2.04. The molecule has 23 heavy (non-hydrogen) atoms. The average molecular weight is 363 g/mol. The lowest BCUT2D eigenvalue weighted by atomic mass is 10.1. The van der Waals surface area contributed by atoms with E-state index < -0.39 is 0 Å². The highest BCUT2D eigenvalue weighted by molar-refractivity contribution is 7.14. The topological polar surface area (TPSA) is 42.0 Å². The van der Waals surface area contributed by atoms with Crippen LogP contribution < -0.4 is 5.32 Å². The van der Waals surface area contributed by atoms with E-state index in [9.17, 15) is 4.79 Å². The van der Waals surface area contributed by atoms with E-state index in [1.54, 1.807) is 31.2 Å². The minimum Gasteiger partial charge on any atom is -0.332 e. The van der Waals surface area contributed by atoms with Crippen molar-refractivity contribution in [3.8, 4) is 11.3 Å². The van der Waals surface area contributed by atoms with Crippen molar-refractivity contribution in [3.63, 3.8) is 0 Å². The van der Waals surface area contributed by atoms with Gasteiger partial charge >= 0.3 is 0 Å². The molecule has 0 spiro atoms. The minimum absolute atomic E-state index is 0.0291. The zero-order valence-corrected chi connectivity index (χ0v) is 14.5. The monoisotopic (exact) mass is 362 g/mol. The summed E-state index contributed by atoms with van der Waals surface area (Å²) in [6, 6.07) is 12.6. The molecule has 0 radical (unpaired) electrons. The first-order valence-electron chi connectivity index (χ1n) is 6.82. The van der Waals surface area contributed by atoms with E-state index >= 15 is 0 Å². The molecule has 0 atom stereocenters. The van der Waals surface area contributed by atoms with Crippen LogP contribution in [0.3, 0.4) is 0 Å². The third-order valence-electron chi connectivity index (χ3n) is 3.23. The number of hydrogen-bond acceptors (Lipinski definition) is 4. The van der Waals surface area contributed by atoms with Gasteiger partial charge in [0.25, 0.3) is 0 Å². The minimum atomic E-state index is 0.0291. The molecule has 1 aromatic heterocycles. The number of halogens is 2. The van der Waals surface area contributed by atoms with Gasteiger partial charge in [-0.25, -0.2) is 4.98 Å². The van der Waals surface area contributed by atoms with Gasteiger partial charge in [0.2, 0.25) is 0 Å². The van der Waals surface area contributed by atoms with Crippen molar-refractivity contribution >= 4 is 51.1 Å². The summed E-state index contributed by atoms with van der Waals surface area (Å²) in [6.07, 6.45) is 0. The average Bonchev–Trinajstić information content (AvgIpc) is 2.95. The van der Waals surface area contributed by atoms with E-state index in [1.807, 2.05) is 23.6 Å². The van der Waals surface area contributed by atoms with Crippen molar-refractivity contribution in [2.75, 3.05) is 5.32 Å². The fourth-order valence-corrected chi connectivity index (χ4v) is 3.33. The smallest absolute Gasteiger partial charge is 0.187 e. The molecular formula is C17H12Cl2N2OS. The van der Waals surface area contributed by atoms with Crippen molar-refractivity contribution in [2.45, 2.75) is 6.92 Å². The Morgan fingerprint density at radius 1 is 1.17 bits per heavy atom. The zero-order chi connectivity index (χ0) is 16.4. The highest BCUT2D eigenvalue weighted by Gasteiger charge is 2.09. The van der Waals surface area contributed by atoms with Crippen LogP contribution in [0.25, 0.3) is 11.3 Å². The van der Waals surface area contributed by atoms with E-state index in [2.05, 4.69) is 10.3 Å². The lowest BCUT2D eigenvalue weighted by Crippen LogP contribution is -1.95. The summed E-state index contributed by atoms with van der Waals surface area (Å²) in [5.74, 6) is 0.0291. The molecule has 0 saturated carbocycles. The number of anilines is 2. The number of aromatic nitrogens is 1. The third-order valence-corrected chi connectivity index (χ3v) is 4.54. The molecule has 0 unspecified atom stereocenters. The Labute approximate surface area is 147 Å². The van der Waals surface area contributed by atoms with Crippen LogP contribution in [-0.4, -0.2) is 10.8 Å². The van der Waals surface area contributed by atoms with Crippen LogP contribution in [0.15, 0.2) is 47.8 Å². The second-order valence-electron chi connectivity index (χ2n) is 4.92. The molecule has 0 bridgehead atoms. The van der Waals surface area contributed by atoms with Gasteiger partial charge in [-0.1, -0.05) is 35.3 Å². The summed E-state index contributed by atoms with van der Waals surface area (Å²) in [6.45, 7) is 1.54. The Kier molecular flexibility index (Phi) is 4.66. The largest absolute Gasteiger partial charge is 0.332 e. The predicted octanol–water partition coefficient (Wildman–Crippen LogP) is 6.06. The third kappa shape index (κ3) is 3.72. The molecule has 3 nitrogen and oxygen atoms in total. The van der Waals surface area contributed by atoms with E-state index in [4.69, 9.17) is 23.2 Å². The first-order valence-corrected chi connectivity index (χ1v) is 8.45. The maximum absolute atomic E-state index is 11.4. The molecule has 1 heterocycles. The number of Topliss-reactive ketones (excluding diaryl/α,β-unsaturated/α-hetero) is 1. The number of nitrogens with one attached hydrogen (secondary N) is 1. The fourth-order valence-electron chi connectivity index (χ4n) is 2.09. The molecule has 0 aliphatic rings. The first-order chi connectivity index (χ1) is 11.0. The second kappa shape index (κ2) is 6.71. The lowest BCUT2D eigenvalue weighted by molar-refractivity contribution is 0.101. The first kappa shape index (κ1) is 16.0. The number of benzene rings is 2. The van der Waals surface area contributed by atoms with Crippen molar-refractivity contribution < 1.29 is 4.79 Å². The maximum atomic E-state index is 11.4. The van der Waals surface area contributed by atoms with Gasteiger partial charge in [0.1, 0.15) is 0 Å². The van der Waals surface area contributed by atoms with Crippen molar-refractivity contribution in [1.82, 2.24) is 4.98 Å². The van der Waals surface area contributed by atoms with Gasteiger partial charge in [-0.3, -0.25) is 4.79 Å². The molecule has 1 N–H and O–H groups in total. The molecule has 0 amide bonds. The molecule has 116 valence electrons. The standard InChI is InChI=1S/C17H12Cl2N2OS/c1-10(22)11-3-2-4-13(7-11)20-17-21-16(9-23-17)14-6-5-12(18)8-15(14)19/h2-9H,1H3,(H,20,21). The molecular weight excluding hydrogens is 351 g/mol. The molecule has 0 fully saturated rings. The number of nitrogens with zero attached hydrogens (tertiary/aromatic N) is 1. The van der Waals surface area contributed by atoms with Gasteiger partial charge in [-0.05, 0) is 37.3 Å². The highest BCUT2D eigenvalue weighted by Crippen LogP contribution is 2.33. The van der Waals surface area contributed by atoms with Crippen molar-refractivity contribution in [3.05, 3.63) is 63.5 Å². The molecule has 0 saturated heterocycles. The van der Waals surface area contributed by atoms with Gasteiger partial charge < -0.3 is 5.32 Å². The summed E-state index contributed by atoms with van der Waals surface area (Å²) in [5.41, 5.74) is 3.09.